The second kappa shape index (κ2) is 7.28. The Morgan fingerprint density at radius 3 is 2.58 bits per heavy atom. The van der Waals surface area contributed by atoms with Crippen molar-refractivity contribution in [2.45, 2.75) is 25.4 Å². The largest absolute Gasteiger partial charge is 0.321 e. The fourth-order valence-corrected chi connectivity index (χ4v) is 2.89. The van der Waals surface area contributed by atoms with Gasteiger partial charge in [-0.3, -0.25) is 4.79 Å². The van der Waals surface area contributed by atoms with Crippen molar-refractivity contribution in [1.29, 1.82) is 0 Å². The maximum Gasteiger partial charge on any atom is 0.279 e. The van der Waals surface area contributed by atoms with Crippen LogP contribution in [0.1, 0.15) is 18.4 Å². The molecule has 1 amide bonds. The molecule has 0 radical (unpaired) electrons. The number of carbonyl (C=O) groups excluding carboxylic acids is 1. The summed E-state index contributed by atoms with van der Waals surface area (Å²) in [4.78, 5) is 13.3. The predicted octanol–water partition coefficient (Wildman–Crippen LogP) is 2.80. The Bertz CT molecular complexity index is 750. The van der Waals surface area contributed by atoms with Crippen molar-refractivity contribution in [1.82, 2.24) is 0 Å². The van der Waals surface area contributed by atoms with Crippen LogP contribution in [-0.2, 0) is 11.3 Å². The first kappa shape index (κ1) is 16.9. The Labute approximate surface area is 144 Å². The molecule has 0 bridgehead atoms. The molecule has 3 nitrogen and oxygen atoms in total. The van der Waals surface area contributed by atoms with E-state index in [0.717, 1.165) is 17.7 Å². The van der Waals surface area contributed by atoms with Crippen LogP contribution in [0, 0.1) is 11.6 Å². The molecular weight excluding hydrogens is 334 g/mol. The number of amides is 1. The highest BCUT2D eigenvalue weighted by Gasteiger charge is 2.35. The maximum absolute atomic E-state index is 13.8. The summed E-state index contributed by atoms with van der Waals surface area (Å²) in [6.45, 7) is 0.697. The molecule has 1 unspecified atom stereocenters. The summed E-state index contributed by atoms with van der Waals surface area (Å²) in [5, 5.41) is 2.68. The average Bonchev–Trinajstić information content (AvgIpc) is 3.37. The van der Waals surface area contributed by atoms with E-state index in [1.807, 2.05) is 0 Å². The van der Waals surface area contributed by atoms with Crippen molar-refractivity contribution in [2.75, 3.05) is 11.9 Å². The van der Waals surface area contributed by atoms with Gasteiger partial charge in [-0.05, 0) is 24.3 Å². The fraction of sp³-hybridized carbons (Fsp3) is 0.278. The van der Waals surface area contributed by atoms with E-state index in [9.17, 15) is 13.6 Å². The summed E-state index contributed by atoms with van der Waals surface area (Å²) in [6, 6.07) is 11.1. The maximum atomic E-state index is 13.8. The zero-order valence-corrected chi connectivity index (χ0v) is 13.7. The third kappa shape index (κ3) is 4.30. The molecular formula is C18H18ClF2N2O+. The normalized spacial score (nSPS) is 15.1. The molecule has 1 fully saturated rings. The number of hydrogen-bond donors (Lipinski definition) is 2. The third-order valence-electron chi connectivity index (χ3n) is 4.12. The number of hydrogen-bond acceptors (Lipinski definition) is 1. The minimum absolute atomic E-state index is 0.0365. The molecule has 0 aliphatic heterocycles. The standard InChI is InChI=1S/C18H17ClF2N2O/c19-15-9-13(5-8-17(15)21)22-18(24)11-23(14-6-7-14)10-12-3-1-2-4-16(12)20/h1-5,8-9,14H,6-7,10-11H2,(H,22,24)/p+1. The average molecular weight is 352 g/mol. The molecule has 1 saturated carbocycles. The van der Waals surface area contributed by atoms with Gasteiger partial charge in [0.25, 0.3) is 5.91 Å². The lowest BCUT2D eigenvalue weighted by Gasteiger charge is -2.19. The molecule has 1 aliphatic carbocycles. The Hall–Kier alpha value is -1.98. The fourth-order valence-electron chi connectivity index (χ4n) is 2.71. The van der Waals surface area contributed by atoms with Gasteiger partial charge in [0.15, 0.2) is 6.54 Å². The Morgan fingerprint density at radius 1 is 1.17 bits per heavy atom. The smallest absolute Gasteiger partial charge is 0.279 e. The number of benzene rings is 2. The second-order valence-electron chi connectivity index (χ2n) is 6.05. The van der Waals surface area contributed by atoms with Crippen LogP contribution in [0.2, 0.25) is 5.02 Å². The third-order valence-corrected chi connectivity index (χ3v) is 4.41. The van der Waals surface area contributed by atoms with Gasteiger partial charge in [-0.1, -0.05) is 29.8 Å². The Balaban J connectivity index is 1.64. The first-order valence-corrected chi connectivity index (χ1v) is 8.23. The number of halogens is 3. The lowest BCUT2D eigenvalue weighted by Crippen LogP contribution is -3.13. The quantitative estimate of drug-likeness (QED) is 0.824. The summed E-state index contributed by atoms with van der Waals surface area (Å²) < 4.78 is 27.0. The van der Waals surface area contributed by atoms with Crippen LogP contribution in [0.15, 0.2) is 42.5 Å². The SMILES string of the molecule is O=C(C[NH+](Cc1ccccc1F)C1CC1)Nc1ccc(F)c(Cl)c1. The topological polar surface area (TPSA) is 33.5 Å². The minimum atomic E-state index is -0.528. The summed E-state index contributed by atoms with van der Waals surface area (Å²) in [6.07, 6.45) is 2.08. The predicted molar refractivity (Wildman–Crippen MR) is 89.0 cm³/mol. The molecule has 1 atom stereocenters. The molecule has 126 valence electrons. The molecule has 2 aromatic carbocycles. The van der Waals surface area contributed by atoms with Crippen LogP contribution in [-0.4, -0.2) is 18.5 Å². The summed E-state index contributed by atoms with van der Waals surface area (Å²) in [5.74, 6) is -0.975. The van der Waals surface area contributed by atoms with Crippen molar-refractivity contribution in [3.63, 3.8) is 0 Å². The number of rotatable bonds is 6. The van der Waals surface area contributed by atoms with Crippen LogP contribution in [0.3, 0.4) is 0 Å². The monoisotopic (exact) mass is 351 g/mol. The Morgan fingerprint density at radius 2 is 1.92 bits per heavy atom. The highest BCUT2D eigenvalue weighted by molar-refractivity contribution is 6.31. The number of nitrogens with one attached hydrogen (secondary N) is 2. The van der Waals surface area contributed by atoms with Crippen molar-refractivity contribution in [3.05, 3.63) is 64.7 Å². The van der Waals surface area contributed by atoms with Crippen LogP contribution < -0.4 is 10.2 Å². The Kier molecular flexibility index (Phi) is 5.11. The molecule has 0 heterocycles. The highest BCUT2D eigenvalue weighted by Crippen LogP contribution is 2.19. The zero-order chi connectivity index (χ0) is 17.1. The molecule has 24 heavy (non-hydrogen) atoms. The molecule has 6 heteroatoms. The van der Waals surface area contributed by atoms with Crippen molar-refractivity contribution >= 4 is 23.2 Å². The summed E-state index contributed by atoms with van der Waals surface area (Å²) >= 11 is 5.72. The molecule has 0 spiro atoms. The van der Waals surface area contributed by atoms with Crippen LogP contribution in [0.25, 0.3) is 0 Å². The van der Waals surface area contributed by atoms with Gasteiger partial charge in [0, 0.05) is 24.1 Å². The molecule has 2 aromatic rings. The van der Waals surface area contributed by atoms with Gasteiger partial charge in [-0.25, -0.2) is 8.78 Å². The van der Waals surface area contributed by atoms with E-state index in [2.05, 4.69) is 5.32 Å². The van der Waals surface area contributed by atoms with Gasteiger partial charge in [-0.15, -0.1) is 0 Å². The van der Waals surface area contributed by atoms with Gasteiger partial charge in [0.2, 0.25) is 0 Å². The van der Waals surface area contributed by atoms with Gasteiger partial charge >= 0.3 is 0 Å². The number of quaternary nitrogens is 1. The van der Waals surface area contributed by atoms with E-state index >= 15 is 0 Å². The van der Waals surface area contributed by atoms with E-state index in [1.54, 1.807) is 18.2 Å². The summed E-state index contributed by atoms with van der Waals surface area (Å²) in [7, 11) is 0. The van der Waals surface area contributed by atoms with E-state index in [-0.39, 0.29) is 23.3 Å². The first-order valence-electron chi connectivity index (χ1n) is 7.86. The van der Waals surface area contributed by atoms with E-state index in [1.165, 1.54) is 24.3 Å². The number of anilines is 1. The van der Waals surface area contributed by atoms with E-state index < -0.39 is 5.82 Å². The van der Waals surface area contributed by atoms with E-state index in [0.29, 0.717) is 23.8 Å². The van der Waals surface area contributed by atoms with Crippen molar-refractivity contribution in [3.8, 4) is 0 Å². The lowest BCUT2D eigenvalue weighted by atomic mass is 10.2. The van der Waals surface area contributed by atoms with Gasteiger partial charge in [-0.2, -0.15) is 0 Å². The summed E-state index contributed by atoms with van der Waals surface area (Å²) in [5.41, 5.74) is 1.06. The number of carbonyl (C=O) groups is 1. The van der Waals surface area contributed by atoms with Crippen molar-refractivity contribution < 1.29 is 18.5 Å². The second-order valence-corrected chi connectivity index (χ2v) is 6.46. The molecule has 2 N–H and O–H groups in total. The van der Waals surface area contributed by atoms with Crippen LogP contribution in [0.4, 0.5) is 14.5 Å². The van der Waals surface area contributed by atoms with Crippen LogP contribution in [0.5, 0.6) is 0 Å². The van der Waals surface area contributed by atoms with Crippen molar-refractivity contribution in [2.24, 2.45) is 0 Å². The lowest BCUT2D eigenvalue weighted by molar-refractivity contribution is -0.917. The minimum Gasteiger partial charge on any atom is -0.321 e. The molecule has 3 rings (SSSR count). The van der Waals surface area contributed by atoms with Gasteiger partial charge < -0.3 is 10.2 Å². The molecule has 1 aliphatic rings. The first-order chi connectivity index (χ1) is 11.5. The van der Waals surface area contributed by atoms with Crippen LogP contribution >= 0.6 is 11.6 Å². The highest BCUT2D eigenvalue weighted by atomic mass is 35.5. The molecule has 0 saturated heterocycles. The van der Waals surface area contributed by atoms with E-state index in [4.69, 9.17) is 11.6 Å². The van der Waals surface area contributed by atoms with Gasteiger partial charge in [0.1, 0.15) is 18.2 Å². The molecule has 0 aromatic heterocycles. The zero-order valence-electron chi connectivity index (χ0n) is 13.0. The van der Waals surface area contributed by atoms with Gasteiger partial charge in [0.05, 0.1) is 11.1 Å².